The zero-order valence-electron chi connectivity index (χ0n) is 19.1. The number of urea groups is 1. The van der Waals surface area contributed by atoms with Gasteiger partial charge in [0.1, 0.15) is 5.54 Å². The van der Waals surface area contributed by atoms with Crippen molar-refractivity contribution in [2.45, 2.75) is 45.8 Å². The van der Waals surface area contributed by atoms with Gasteiger partial charge in [-0.3, -0.25) is 9.78 Å². The van der Waals surface area contributed by atoms with Gasteiger partial charge in [0.15, 0.2) is 5.75 Å². The van der Waals surface area contributed by atoms with E-state index in [4.69, 9.17) is 0 Å². The highest BCUT2D eigenvalue weighted by Gasteiger charge is 2.51. The number of nitrogens with one attached hydrogen (secondary N) is 1. The Hall–Kier alpha value is -3.67. The summed E-state index contributed by atoms with van der Waals surface area (Å²) in [7, 11) is 0. The van der Waals surface area contributed by atoms with E-state index in [0.717, 1.165) is 21.5 Å². The Kier molecular flexibility index (Phi) is 6.41. The number of aromatic nitrogens is 2. The zero-order chi connectivity index (χ0) is 25.4. The van der Waals surface area contributed by atoms with Crippen molar-refractivity contribution in [2.24, 2.45) is 0 Å². The Morgan fingerprint density at radius 3 is 2.49 bits per heavy atom. The van der Waals surface area contributed by atoms with Gasteiger partial charge in [-0.25, -0.2) is 14.7 Å². The molecule has 4 rings (SSSR count). The van der Waals surface area contributed by atoms with Gasteiger partial charge in [-0.2, -0.15) is 0 Å². The highest BCUT2D eigenvalue weighted by Crippen LogP contribution is 2.38. The third kappa shape index (κ3) is 5.21. The summed E-state index contributed by atoms with van der Waals surface area (Å²) in [5.41, 5.74) is 0.334. The van der Waals surface area contributed by atoms with Gasteiger partial charge in [0.05, 0.1) is 28.6 Å². The fourth-order valence-corrected chi connectivity index (χ4v) is 4.30. The predicted octanol–water partition coefficient (Wildman–Crippen LogP) is 5.10. The maximum atomic E-state index is 13.3. The molecule has 0 spiro atoms. The van der Waals surface area contributed by atoms with Gasteiger partial charge in [-0.15, -0.1) is 24.5 Å². The van der Waals surface area contributed by atoms with Crippen LogP contribution in [0.1, 0.15) is 30.1 Å². The molecule has 3 amide bonds. The van der Waals surface area contributed by atoms with E-state index >= 15 is 0 Å². The summed E-state index contributed by atoms with van der Waals surface area (Å²) >= 11 is 1.41. The lowest BCUT2D eigenvalue weighted by Gasteiger charge is -2.27. The Labute approximate surface area is 203 Å². The molecule has 1 saturated heterocycles. The minimum absolute atomic E-state index is 0.0310. The standard InChI is InChI=1S/C23H22F3N5O3S/c1-14-29-16(13-35-14)11-28-18-10-17(4-5-19(18)34-23(24,25)26)31-20(32)22(2,3)30(21(31)33)12-15-6-8-27-9-7-15/h4-10,13,28H,11-12H2,1-3H3. The summed E-state index contributed by atoms with van der Waals surface area (Å²) in [5.74, 6) is -0.984. The van der Waals surface area contributed by atoms with Gasteiger partial charge >= 0.3 is 12.4 Å². The van der Waals surface area contributed by atoms with E-state index in [-0.39, 0.29) is 24.5 Å². The number of imide groups is 1. The van der Waals surface area contributed by atoms with Crippen LogP contribution in [0.4, 0.5) is 29.3 Å². The molecule has 0 aliphatic carbocycles. The molecule has 0 atom stereocenters. The first-order valence-electron chi connectivity index (χ1n) is 10.6. The number of pyridine rings is 1. The fourth-order valence-electron chi connectivity index (χ4n) is 3.68. The molecule has 184 valence electrons. The molecule has 1 aliphatic heterocycles. The maximum Gasteiger partial charge on any atom is 0.573 e. The lowest BCUT2D eigenvalue weighted by Crippen LogP contribution is -2.43. The number of hydrogen-bond acceptors (Lipinski definition) is 7. The molecular weight excluding hydrogens is 483 g/mol. The molecule has 3 aromatic rings. The zero-order valence-corrected chi connectivity index (χ0v) is 19.9. The summed E-state index contributed by atoms with van der Waals surface area (Å²) in [4.78, 5) is 37.2. The van der Waals surface area contributed by atoms with Gasteiger partial charge < -0.3 is 15.0 Å². The second-order valence-corrected chi connectivity index (χ2v) is 9.43. The molecule has 0 bridgehead atoms. The molecule has 35 heavy (non-hydrogen) atoms. The van der Waals surface area contributed by atoms with Crippen LogP contribution in [0, 0.1) is 6.92 Å². The number of alkyl halides is 3. The molecule has 2 aromatic heterocycles. The number of carbonyl (C=O) groups is 2. The van der Waals surface area contributed by atoms with Crippen molar-refractivity contribution in [3.05, 3.63) is 64.4 Å². The highest BCUT2D eigenvalue weighted by atomic mass is 32.1. The number of halogens is 3. The van der Waals surface area contributed by atoms with Crippen LogP contribution in [0.2, 0.25) is 0 Å². The summed E-state index contributed by atoms with van der Waals surface area (Å²) in [5, 5.41) is 5.47. The summed E-state index contributed by atoms with van der Waals surface area (Å²) < 4.78 is 43.1. The molecule has 1 aliphatic rings. The molecule has 8 nitrogen and oxygen atoms in total. The molecule has 1 aromatic carbocycles. The minimum atomic E-state index is -4.92. The second-order valence-electron chi connectivity index (χ2n) is 8.36. The van der Waals surface area contributed by atoms with Gasteiger partial charge in [-0.1, -0.05) is 0 Å². The molecule has 0 unspecified atom stereocenters. The van der Waals surface area contributed by atoms with E-state index in [1.165, 1.54) is 28.4 Å². The number of aryl methyl sites for hydroxylation is 1. The third-order valence-electron chi connectivity index (χ3n) is 5.49. The van der Waals surface area contributed by atoms with E-state index in [9.17, 15) is 22.8 Å². The fraction of sp³-hybridized carbons (Fsp3) is 0.304. The van der Waals surface area contributed by atoms with Crippen molar-refractivity contribution >= 4 is 34.6 Å². The van der Waals surface area contributed by atoms with Crippen LogP contribution in [-0.2, 0) is 17.9 Å². The Morgan fingerprint density at radius 1 is 1.14 bits per heavy atom. The van der Waals surface area contributed by atoms with Gasteiger partial charge in [0.25, 0.3) is 5.91 Å². The first kappa shape index (κ1) is 24.5. The molecule has 1 N–H and O–H groups in total. The van der Waals surface area contributed by atoms with E-state index in [2.05, 4.69) is 20.0 Å². The number of benzene rings is 1. The van der Waals surface area contributed by atoms with Crippen LogP contribution in [0.3, 0.4) is 0 Å². The Bertz CT molecular complexity index is 1250. The van der Waals surface area contributed by atoms with Crippen molar-refractivity contribution in [1.82, 2.24) is 14.9 Å². The summed E-state index contributed by atoms with van der Waals surface area (Å²) in [6, 6.07) is 6.52. The number of nitrogens with zero attached hydrogens (tertiary/aromatic N) is 4. The van der Waals surface area contributed by atoms with Crippen LogP contribution in [0.25, 0.3) is 0 Å². The minimum Gasteiger partial charge on any atom is -0.404 e. The van der Waals surface area contributed by atoms with Crippen LogP contribution >= 0.6 is 11.3 Å². The largest absolute Gasteiger partial charge is 0.573 e. The van der Waals surface area contributed by atoms with Crippen molar-refractivity contribution in [3.8, 4) is 5.75 Å². The topological polar surface area (TPSA) is 87.7 Å². The number of amides is 3. The first-order valence-corrected chi connectivity index (χ1v) is 11.4. The average Bonchev–Trinajstić information content (AvgIpc) is 3.27. The smallest absolute Gasteiger partial charge is 0.404 e. The SMILES string of the molecule is Cc1nc(CNc2cc(N3C(=O)N(Cc4ccncc4)C(C)(C)C3=O)ccc2OC(F)(F)F)cs1. The molecule has 3 heterocycles. The number of ether oxygens (including phenoxy) is 1. The van der Waals surface area contributed by atoms with Crippen molar-refractivity contribution in [2.75, 3.05) is 10.2 Å². The Balaban J connectivity index is 1.65. The van der Waals surface area contributed by atoms with Crippen molar-refractivity contribution < 1.29 is 27.5 Å². The second kappa shape index (κ2) is 9.17. The van der Waals surface area contributed by atoms with Crippen LogP contribution < -0.4 is 15.0 Å². The van der Waals surface area contributed by atoms with E-state index in [1.54, 1.807) is 43.8 Å². The molecule has 12 heteroatoms. The van der Waals surface area contributed by atoms with Crippen LogP contribution in [-0.4, -0.2) is 38.7 Å². The van der Waals surface area contributed by atoms with Gasteiger partial charge in [0, 0.05) is 24.3 Å². The number of hydrogen-bond donors (Lipinski definition) is 1. The molecule has 1 fully saturated rings. The summed E-state index contributed by atoms with van der Waals surface area (Å²) in [6.45, 7) is 5.36. The lowest BCUT2D eigenvalue weighted by molar-refractivity contribution is -0.274. The van der Waals surface area contributed by atoms with E-state index in [0.29, 0.717) is 5.69 Å². The number of anilines is 2. The van der Waals surface area contributed by atoms with Crippen molar-refractivity contribution in [1.29, 1.82) is 0 Å². The number of thiazole rings is 1. The molecule has 0 radical (unpaired) electrons. The van der Waals surface area contributed by atoms with Gasteiger partial charge in [0.2, 0.25) is 0 Å². The average molecular weight is 506 g/mol. The van der Waals surface area contributed by atoms with E-state index in [1.807, 2.05) is 6.92 Å². The highest BCUT2D eigenvalue weighted by molar-refractivity contribution is 7.09. The monoisotopic (exact) mass is 505 g/mol. The van der Waals surface area contributed by atoms with Crippen molar-refractivity contribution in [3.63, 3.8) is 0 Å². The first-order chi connectivity index (χ1) is 16.5. The predicted molar refractivity (Wildman–Crippen MR) is 124 cm³/mol. The molecule has 0 saturated carbocycles. The quantitative estimate of drug-likeness (QED) is 0.450. The van der Waals surface area contributed by atoms with E-state index < -0.39 is 29.6 Å². The third-order valence-corrected chi connectivity index (χ3v) is 6.31. The normalized spacial score (nSPS) is 15.6. The molecular formula is C23H22F3N5O3S. The van der Waals surface area contributed by atoms with Crippen LogP contribution in [0.15, 0.2) is 48.1 Å². The summed E-state index contributed by atoms with van der Waals surface area (Å²) in [6.07, 6.45) is -1.75. The Morgan fingerprint density at radius 2 is 1.86 bits per heavy atom. The lowest BCUT2D eigenvalue weighted by atomic mass is 10.0. The van der Waals surface area contributed by atoms with Gasteiger partial charge in [-0.05, 0) is 56.7 Å². The van der Waals surface area contributed by atoms with Crippen LogP contribution in [0.5, 0.6) is 5.75 Å². The maximum absolute atomic E-state index is 13.3. The number of rotatable bonds is 7. The number of carbonyl (C=O) groups excluding carboxylic acids is 2.